The first-order chi connectivity index (χ1) is 9.87. The summed E-state index contributed by atoms with van der Waals surface area (Å²) >= 11 is 16.9. The molecule has 5 nitrogen and oxygen atoms in total. The van der Waals surface area contributed by atoms with Gasteiger partial charge in [0.05, 0.1) is 5.41 Å². The van der Waals surface area contributed by atoms with Crippen LogP contribution in [0.1, 0.15) is 25.3 Å². The van der Waals surface area contributed by atoms with Crippen molar-refractivity contribution in [1.82, 2.24) is 21.2 Å². The van der Waals surface area contributed by atoms with Crippen LogP contribution in [-0.4, -0.2) is 23.1 Å². The number of rotatable bonds is 2. The molecule has 0 aromatic carbocycles. The first-order valence-electron chi connectivity index (χ1n) is 6.49. The van der Waals surface area contributed by atoms with Crippen molar-refractivity contribution in [3.8, 4) is 0 Å². The van der Waals surface area contributed by atoms with Gasteiger partial charge in [-0.25, -0.2) is 4.98 Å². The monoisotopic (exact) mass is 346 g/mol. The quantitative estimate of drug-likeness (QED) is 0.435. The summed E-state index contributed by atoms with van der Waals surface area (Å²) in [5.74, 6) is 0.300. The van der Waals surface area contributed by atoms with E-state index in [2.05, 4.69) is 28.1 Å². The third-order valence-electron chi connectivity index (χ3n) is 3.66. The predicted molar refractivity (Wildman–Crippen MR) is 87.3 cm³/mol. The van der Waals surface area contributed by atoms with Gasteiger partial charge in [-0.1, -0.05) is 30.1 Å². The molecule has 1 aliphatic carbocycles. The molecule has 2 rings (SSSR count). The SMILES string of the molecule is CNC(=S)NNC(=O)C1(c2cc(Cl)nc(Cl)c2)CC(C)C1. The van der Waals surface area contributed by atoms with E-state index in [4.69, 9.17) is 35.4 Å². The number of nitrogens with one attached hydrogen (secondary N) is 3. The number of amides is 1. The average molecular weight is 347 g/mol. The summed E-state index contributed by atoms with van der Waals surface area (Å²) in [7, 11) is 1.67. The highest BCUT2D eigenvalue weighted by Crippen LogP contribution is 2.48. The lowest BCUT2D eigenvalue weighted by molar-refractivity contribution is -0.132. The number of aromatic nitrogens is 1. The Morgan fingerprint density at radius 3 is 2.38 bits per heavy atom. The number of hydrogen-bond acceptors (Lipinski definition) is 3. The molecule has 0 radical (unpaired) electrons. The van der Waals surface area contributed by atoms with E-state index in [0.29, 0.717) is 11.0 Å². The smallest absolute Gasteiger partial charge is 0.249 e. The van der Waals surface area contributed by atoms with Crippen LogP contribution in [0.15, 0.2) is 12.1 Å². The summed E-state index contributed by atoms with van der Waals surface area (Å²) in [6.45, 7) is 2.10. The lowest BCUT2D eigenvalue weighted by Crippen LogP contribution is -2.57. The Morgan fingerprint density at radius 2 is 1.90 bits per heavy atom. The van der Waals surface area contributed by atoms with E-state index in [0.717, 1.165) is 18.4 Å². The van der Waals surface area contributed by atoms with E-state index in [9.17, 15) is 4.79 Å². The van der Waals surface area contributed by atoms with E-state index in [-0.39, 0.29) is 16.2 Å². The molecule has 1 aromatic heterocycles. The van der Waals surface area contributed by atoms with E-state index < -0.39 is 5.41 Å². The molecule has 1 aliphatic rings. The van der Waals surface area contributed by atoms with E-state index >= 15 is 0 Å². The molecule has 0 spiro atoms. The minimum atomic E-state index is -0.647. The van der Waals surface area contributed by atoms with Crippen LogP contribution in [0.3, 0.4) is 0 Å². The highest BCUT2D eigenvalue weighted by atomic mass is 35.5. The Bertz CT molecular complexity index is 555. The second-order valence-electron chi connectivity index (χ2n) is 5.26. The largest absolute Gasteiger partial charge is 0.364 e. The Morgan fingerprint density at radius 1 is 1.33 bits per heavy atom. The van der Waals surface area contributed by atoms with Crippen LogP contribution in [0.2, 0.25) is 10.3 Å². The summed E-state index contributed by atoms with van der Waals surface area (Å²) in [5, 5.41) is 3.63. The van der Waals surface area contributed by atoms with Gasteiger partial charge in [-0.3, -0.25) is 15.6 Å². The van der Waals surface area contributed by atoms with Crippen molar-refractivity contribution in [2.45, 2.75) is 25.2 Å². The first-order valence-corrected chi connectivity index (χ1v) is 7.65. The summed E-state index contributed by atoms with van der Waals surface area (Å²) in [6.07, 6.45) is 1.45. The molecule has 0 unspecified atom stereocenters. The van der Waals surface area contributed by atoms with Crippen LogP contribution >= 0.6 is 35.4 Å². The number of hydrogen-bond donors (Lipinski definition) is 3. The molecule has 114 valence electrons. The second kappa shape index (κ2) is 6.34. The number of nitrogens with zero attached hydrogens (tertiary/aromatic N) is 1. The summed E-state index contributed by atoms with van der Waals surface area (Å²) in [4.78, 5) is 16.5. The highest BCUT2D eigenvalue weighted by Gasteiger charge is 2.50. The molecule has 1 amide bonds. The van der Waals surface area contributed by atoms with Gasteiger partial charge in [-0.05, 0) is 48.7 Å². The van der Waals surface area contributed by atoms with Gasteiger partial charge in [0.2, 0.25) is 5.91 Å². The molecule has 0 atom stereocenters. The molecule has 21 heavy (non-hydrogen) atoms. The number of thiocarbonyl (C=S) groups is 1. The summed E-state index contributed by atoms with van der Waals surface area (Å²) < 4.78 is 0. The number of carbonyl (C=O) groups is 1. The van der Waals surface area contributed by atoms with Crippen molar-refractivity contribution in [2.24, 2.45) is 5.92 Å². The normalized spacial score (nSPS) is 23.9. The maximum Gasteiger partial charge on any atom is 0.249 e. The Kier molecular flexibility index (Phi) is 4.91. The van der Waals surface area contributed by atoms with Crippen molar-refractivity contribution in [3.05, 3.63) is 28.0 Å². The molecule has 0 aliphatic heterocycles. The highest BCUT2D eigenvalue weighted by molar-refractivity contribution is 7.80. The summed E-state index contributed by atoms with van der Waals surface area (Å²) in [5.41, 5.74) is 5.43. The molecule has 1 heterocycles. The zero-order valence-corrected chi connectivity index (χ0v) is 14.0. The molecule has 1 aromatic rings. The zero-order chi connectivity index (χ0) is 15.6. The van der Waals surface area contributed by atoms with Gasteiger partial charge in [-0.15, -0.1) is 0 Å². The van der Waals surface area contributed by atoms with E-state index in [1.807, 2.05) is 0 Å². The molecule has 0 saturated heterocycles. The molecular formula is C13H16Cl2N4OS. The van der Waals surface area contributed by atoms with Crippen molar-refractivity contribution in [1.29, 1.82) is 0 Å². The third-order valence-corrected chi connectivity index (χ3v) is 4.35. The summed E-state index contributed by atoms with van der Waals surface area (Å²) in [6, 6.07) is 3.38. The number of pyridine rings is 1. The first kappa shape index (κ1) is 16.3. The van der Waals surface area contributed by atoms with Crippen LogP contribution in [0, 0.1) is 5.92 Å². The maximum atomic E-state index is 12.6. The number of halogens is 2. The van der Waals surface area contributed by atoms with Gasteiger partial charge in [0.25, 0.3) is 0 Å². The minimum Gasteiger partial charge on any atom is -0.364 e. The van der Waals surface area contributed by atoms with Gasteiger partial charge in [0.1, 0.15) is 10.3 Å². The average Bonchev–Trinajstić information content (AvgIpc) is 2.39. The Balaban J connectivity index is 2.24. The Hall–Kier alpha value is -1.11. The van der Waals surface area contributed by atoms with Crippen LogP contribution in [0.4, 0.5) is 0 Å². The molecule has 3 N–H and O–H groups in total. The Labute approximate surface area is 138 Å². The maximum absolute atomic E-state index is 12.6. The standard InChI is InChI=1S/C13H16Cl2N4OS/c1-7-5-13(6-7,11(20)18-19-12(21)16-2)8-3-9(14)17-10(15)4-8/h3-4,7H,5-6H2,1-2H3,(H,18,20)(H2,16,19,21). The van der Waals surface area contributed by atoms with Crippen LogP contribution < -0.4 is 16.2 Å². The molecule has 8 heteroatoms. The second-order valence-corrected chi connectivity index (χ2v) is 6.44. The van der Waals surface area contributed by atoms with Gasteiger partial charge in [0, 0.05) is 7.05 Å². The fourth-order valence-corrected chi connectivity index (χ4v) is 3.23. The van der Waals surface area contributed by atoms with Crippen LogP contribution in [0.25, 0.3) is 0 Å². The topological polar surface area (TPSA) is 66.0 Å². The third kappa shape index (κ3) is 3.39. The van der Waals surface area contributed by atoms with Gasteiger partial charge in [0.15, 0.2) is 5.11 Å². The van der Waals surface area contributed by atoms with Crippen molar-refractivity contribution in [2.75, 3.05) is 7.05 Å². The van der Waals surface area contributed by atoms with Crippen LogP contribution in [0.5, 0.6) is 0 Å². The van der Waals surface area contributed by atoms with Gasteiger partial charge < -0.3 is 5.32 Å². The van der Waals surface area contributed by atoms with Gasteiger partial charge >= 0.3 is 0 Å². The van der Waals surface area contributed by atoms with Crippen molar-refractivity contribution >= 4 is 46.4 Å². The molecule has 0 bridgehead atoms. The molecular weight excluding hydrogens is 331 g/mol. The fraction of sp³-hybridized carbons (Fsp3) is 0.462. The number of hydrazine groups is 1. The van der Waals surface area contributed by atoms with E-state index in [1.54, 1.807) is 19.2 Å². The lowest BCUT2D eigenvalue weighted by atomic mass is 9.59. The van der Waals surface area contributed by atoms with Gasteiger partial charge in [-0.2, -0.15) is 0 Å². The van der Waals surface area contributed by atoms with Crippen LogP contribution in [-0.2, 0) is 10.2 Å². The lowest BCUT2D eigenvalue weighted by Gasteiger charge is -2.45. The molecule has 1 saturated carbocycles. The fourth-order valence-electron chi connectivity index (χ4n) is 2.72. The minimum absolute atomic E-state index is 0.156. The predicted octanol–water partition coefficient (Wildman–Crippen LogP) is 2.18. The van der Waals surface area contributed by atoms with Crippen molar-refractivity contribution < 1.29 is 4.79 Å². The molecule has 1 fully saturated rings. The van der Waals surface area contributed by atoms with Crippen molar-refractivity contribution in [3.63, 3.8) is 0 Å². The van der Waals surface area contributed by atoms with E-state index in [1.165, 1.54) is 0 Å². The number of carbonyl (C=O) groups excluding carboxylic acids is 1. The zero-order valence-electron chi connectivity index (χ0n) is 11.7.